The predicted octanol–water partition coefficient (Wildman–Crippen LogP) is 0.339. The molecule has 84 valence electrons. The monoisotopic (exact) mass is 231 g/mol. The first kappa shape index (κ1) is 10.6. The van der Waals surface area contributed by atoms with E-state index in [2.05, 4.69) is 10.1 Å². The van der Waals surface area contributed by atoms with Gasteiger partial charge in [-0.25, -0.2) is 8.42 Å². The summed E-state index contributed by atoms with van der Waals surface area (Å²) in [5.41, 5.74) is 5.55. The third-order valence-electron chi connectivity index (χ3n) is 2.46. The number of hydrogen-bond donors (Lipinski definition) is 1. The number of nitrogens with zero attached hydrogens (tertiary/aromatic N) is 2. The molecule has 1 aromatic heterocycles. The molecule has 2 unspecified atom stereocenters. The molecule has 1 aliphatic heterocycles. The van der Waals surface area contributed by atoms with E-state index in [9.17, 15) is 8.42 Å². The zero-order chi connectivity index (χ0) is 11.1. The van der Waals surface area contributed by atoms with Gasteiger partial charge in [-0.3, -0.25) is 0 Å². The lowest BCUT2D eigenvalue weighted by Crippen LogP contribution is -2.10. The largest absolute Gasteiger partial charge is 0.338 e. The molecule has 0 saturated carbocycles. The van der Waals surface area contributed by atoms with Crippen LogP contribution in [0.5, 0.6) is 0 Å². The molecule has 1 aliphatic rings. The summed E-state index contributed by atoms with van der Waals surface area (Å²) in [6.45, 7) is 1.71. The highest BCUT2D eigenvalue weighted by Crippen LogP contribution is 2.32. The van der Waals surface area contributed by atoms with Crippen molar-refractivity contribution in [2.45, 2.75) is 31.1 Å². The van der Waals surface area contributed by atoms with Crippen molar-refractivity contribution in [2.75, 3.05) is 5.75 Å². The Morgan fingerprint density at radius 1 is 1.60 bits per heavy atom. The summed E-state index contributed by atoms with van der Waals surface area (Å²) in [5, 5.41) is 3.07. The lowest BCUT2D eigenvalue weighted by molar-refractivity contribution is 0.356. The second-order valence-corrected chi connectivity index (χ2v) is 6.08. The van der Waals surface area contributed by atoms with Crippen molar-refractivity contribution in [1.82, 2.24) is 10.1 Å². The highest BCUT2D eigenvalue weighted by molar-refractivity contribution is 7.91. The van der Waals surface area contributed by atoms with Crippen molar-refractivity contribution >= 4 is 9.84 Å². The number of aromatic nitrogens is 2. The van der Waals surface area contributed by atoms with Gasteiger partial charge in [-0.1, -0.05) is 5.16 Å². The summed E-state index contributed by atoms with van der Waals surface area (Å²) in [6, 6.07) is -0.365. The topological polar surface area (TPSA) is 99.1 Å². The van der Waals surface area contributed by atoms with E-state index in [0.29, 0.717) is 12.8 Å². The molecule has 7 heteroatoms. The number of sulfone groups is 1. The first-order valence-corrected chi connectivity index (χ1v) is 6.53. The van der Waals surface area contributed by atoms with Crippen LogP contribution in [-0.2, 0) is 9.84 Å². The van der Waals surface area contributed by atoms with Crippen molar-refractivity contribution in [3.8, 4) is 0 Å². The smallest absolute Gasteiger partial charge is 0.243 e. The molecule has 2 heterocycles. The van der Waals surface area contributed by atoms with Crippen LogP contribution in [0.25, 0.3) is 0 Å². The molecule has 15 heavy (non-hydrogen) atoms. The maximum Gasteiger partial charge on any atom is 0.243 e. The summed E-state index contributed by atoms with van der Waals surface area (Å²) >= 11 is 0. The van der Waals surface area contributed by atoms with Crippen molar-refractivity contribution in [1.29, 1.82) is 0 Å². The van der Waals surface area contributed by atoms with Crippen molar-refractivity contribution < 1.29 is 12.9 Å². The molecule has 2 rings (SSSR count). The molecule has 0 radical (unpaired) electrons. The minimum Gasteiger partial charge on any atom is -0.338 e. The van der Waals surface area contributed by atoms with E-state index in [-0.39, 0.29) is 23.5 Å². The Morgan fingerprint density at radius 3 is 2.80 bits per heavy atom. The van der Waals surface area contributed by atoms with E-state index < -0.39 is 15.1 Å². The van der Waals surface area contributed by atoms with Crippen LogP contribution in [-0.4, -0.2) is 24.3 Å². The summed E-state index contributed by atoms with van der Waals surface area (Å²) < 4.78 is 28.1. The van der Waals surface area contributed by atoms with Crippen molar-refractivity contribution in [3.05, 3.63) is 11.7 Å². The maximum atomic E-state index is 11.6. The Labute approximate surface area is 87.8 Å². The van der Waals surface area contributed by atoms with Crippen LogP contribution in [0.15, 0.2) is 4.52 Å². The Bertz CT molecular complexity index is 451. The summed E-state index contributed by atoms with van der Waals surface area (Å²) in [5.74, 6) is 0.742. The van der Waals surface area contributed by atoms with Gasteiger partial charge in [0.1, 0.15) is 5.25 Å². The van der Waals surface area contributed by atoms with Crippen LogP contribution < -0.4 is 5.73 Å². The highest BCUT2D eigenvalue weighted by atomic mass is 32.2. The van der Waals surface area contributed by atoms with Gasteiger partial charge >= 0.3 is 0 Å². The quantitative estimate of drug-likeness (QED) is 0.787. The lowest BCUT2D eigenvalue weighted by atomic mass is 10.2. The molecule has 0 aliphatic carbocycles. The van der Waals surface area contributed by atoms with Crippen LogP contribution in [0.1, 0.15) is 42.8 Å². The summed E-state index contributed by atoms with van der Waals surface area (Å²) in [7, 11) is -3.08. The Kier molecular flexibility index (Phi) is 2.51. The fraction of sp³-hybridized carbons (Fsp3) is 0.750. The zero-order valence-corrected chi connectivity index (χ0v) is 9.20. The standard InChI is InChI=1S/C8H13N3O3S/c1-5(9)8-10-7(11-14-8)6-3-2-4-15(6,12)13/h5-6H,2-4,9H2,1H3. The minimum absolute atomic E-state index is 0.208. The highest BCUT2D eigenvalue weighted by Gasteiger charge is 2.36. The third-order valence-corrected chi connectivity index (χ3v) is 4.63. The fourth-order valence-electron chi connectivity index (χ4n) is 1.64. The van der Waals surface area contributed by atoms with Crippen LogP contribution >= 0.6 is 0 Å². The maximum absolute atomic E-state index is 11.6. The van der Waals surface area contributed by atoms with Gasteiger partial charge in [0, 0.05) is 0 Å². The molecule has 1 saturated heterocycles. The molecule has 0 aromatic carbocycles. The van der Waals surface area contributed by atoms with Gasteiger partial charge in [0.25, 0.3) is 0 Å². The van der Waals surface area contributed by atoms with Gasteiger partial charge in [-0.15, -0.1) is 0 Å². The Balaban J connectivity index is 2.30. The number of hydrogen-bond acceptors (Lipinski definition) is 6. The second kappa shape index (κ2) is 3.57. The van der Waals surface area contributed by atoms with E-state index in [1.165, 1.54) is 0 Å². The molecule has 2 N–H and O–H groups in total. The van der Waals surface area contributed by atoms with Gasteiger partial charge in [-0.05, 0) is 19.8 Å². The van der Waals surface area contributed by atoms with E-state index in [0.717, 1.165) is 0 Å². The van der Waals surface area contributed by atoms with Crippen molar-refractivity contribution in [3.63, 3.8) is 0 Å². The van der Waals surface area contributed by atoms with Crippen LogP contribution in [0.2, 0.25) is 0 Å². The van der Waals surface area contributed by atoms with Gasteiger partial charge in [0.15, 0.2) is 15.7 Å². The van der Waals surface area contributed by atoms with E-state index in [4.69, 9.17) is 10.3 Å². The first-order valence-electron chi connectivity index (χ1n) is 4.81. The van der Waals surface area contributed by atoms with E-state index in [1.807, 2.05) is 0 Å². The number of nitrogens with two attached hydrogens (primary N) is 1. The molecule has 0 bridgehead atoms. The Morgan fingerprint density at radius 2 is 2.33 bits per heavy atom. The average molecular weight is 231 g/mol. The van der Waals surface area contributed by atoms with Crippen LogP contribution in [0.3, 0.4) is 0 Å². The normalized spacial score (nSPS) is 26.7. The molecule has 2 atom stereocenters. The molecule has 0 amide bonds. The average Bonchev–Trinajstić information content (AvgIpc) is 2.69. The SMILES string of the molecule is CC(N)c1nc(C2CCCS2(=O)=O)no1. The van der Waals surface area contributed by atoms with Gasteiger partial charge in [-0.2, -0.15) is 4.98 Å². The molecular formula is C8H13N3O3S. The summed E-state index contributed by atoms with van der Waals surface area (Å²) in [4.78, 5) is 4.01. The van der Waals surface area contributed by atoms with Crippen LogP contribution in [0, 0.1) is 0 Å². The third kappa shape index (κ3) is 1.89. The zero-order valence-electron chi connectivity index (χ0n) is 8.38. The molecule has 6 nitrogen and oxygen atoms in total. The fourth-order valence-corrected chi connectivity index (χ4v) is 3.44. The molecule has 1 aromatic rings. The number of rotatable bonds is 2. The Hall–Kier alpha value is -0.950. The van der Waals surface area contributed by atoms with Crippen LogP contribution in [0.4, 0.5) is 0 Å². The second-order valence-electron chi connectivity index (χ2n) is 3.78. The predicted molar refractivity (Wildman–Crippen MR) is 52.7 cm³/mol. The van der Waals surface area contributed by atoms with Gasteiger partial charge < -0.3 is 10.3 Å². The van der Waals surface area contributed by atoms with E-state index in [1.54, 1.807) is 6.92 Å². The lowest BCUT2D eigenvalue weighted by Gasteiger charge is -2.01. The van der Waals surface area contributed by atoms with Gasteiger partial charge in [0.05, 0.1) is 11.8 Å². The first-order chi connectivity index (χ1) is 7.00. The van der Waals surface area contributed by atoms with E-state index >= 15 is 0 Å². The van der Waals surface area contributed by atoms with Gasteiger partial charge in [0.2, 0.25) is 5.89 Å². The molecular weight excluding hydrogens is 218 g/mol. The molecule has 1 fully saturated rings. The summed E-state index contributed by atoms with van der Waals surface area (Å²) in [6.07, 6.45) is 1.23. The molecule has 0 spiro atoms. The van der Waals surface area contributed by atoms with Crippen molar-refractivity contribution in [2.24, 2.45) is 5.73 Å². The minimum atomic E-state index is -3.08.